The predicted octanol–water partition coefficient (Wildman–Crippen LogP) is 8.88. The standard InChI is InChI=1S/C51H57N9O5/c1-3-4-5-6-7-8-9-10-11-12-13-14-15-16-20-27-43(61)65-36-51(30-31-51)50(64)59-35-40(55-57-59)29-28-38-23-21-24-39-34-42(60(49(63)44(38)39)41-25-18-17-19-26-41)37(2)54-48(62)45-46(52)56-58-33-22-32-53-47(45)58/h7-8,10-11,17-19,21-26,32-35,37H,3-6,9,12-16,20,27,30-31,36H2,1-2H3,(H2,52,56)(H,54,62)/b8-7-,11-10-/t37-/m0/s1. The molecule has 6 aromatic rings. The molecule has 7 rings (SSSR count). The van der Waals surface area contributed by atoms with E-state index >= 15 is 0 Å². The third kappa shape index (κ3) is 11.5. The van der Waals surface area contributed by atoms with Crippen molar-refractivity contribution in [3.63, 3.8) is 0 Å². The van der Waals surface area contributed by atoms with Gasteiger partial charge in [-0.1, -0.05) is 105 Å². The summed E-state index contributed by atoms with van der Waals surface area (Å²) in [6, 6.07) is 17.4. The Labute approximate surface area is 379 Å². The van der Waals surface area contributed by atoms with Crippen molar-refractivity contribution in [2.24, 2.45) is 5.41 Å². The first-order valence-corrected chi connectivity index (χ1v) is 22.8. The summed E-state index contributed by atoms with van der Waals surface area (Å²) in [5, 5.41) is 16.4. The van der Waals surface area contributed by atoms with Gasteiger partial charge in [0.25, 0.3) is 17.4 Å². The molecule has 1 aliphatic rings. The molecule has 0 saturated heterocycles. The van der Waals surface area contributed by atoms with Crippen LogP contribution in [0.15, 0.2) is 108 Å². The number of unbranched alkanes of at least 4 members (excludes halogenated alkanes) is 8. The van der Waals surface area contributed by atoms with Gasteiger partial charge in [-0.2, -0.15) is 4.68 Å². The second kappa shape index (κ2) is 22.0. The molecule has 0 aliphatic heterocycles. The Morgan fingerprint density at radius 1 is 0.923 bits per heavy atom. The number of fused-ring (bicyclic) bond motifs is 2. The number of carbonyl (C=O) groups excluding carboxylic acids is 3. The summed E-state index contributed by atoms with van der Waals surface area (Å²) < 4.78 is 9.75. The fourth-order valence-corrected chi connectivity index (χ4v) is 7.85. The number of esters is 1. The zero-order valence-electron chi connectivity index (χ0n) is 37.2. The van der Waals surface area contributed by atoms with E-state index in [9.17, 15) is 19.2 Å². The van der Waals surface area contributed by atoms with Gasteiger partial charge in [0.05, 0.1) is 23.0 Å². The molecule has 4 heterocycles. The molecule has 14 nitrogen and oxygen atoms in total. The lowest BCUT2D eigenvalue weighted by Gasteiger charge is -2.21. The molecule has 14 heteroatoms. The Morgan fingerprint density at radius 3 is 2.45 bits per heavy atom. The minimum absolute atomic E-state index is 0.00570. The highest BCUT2D eigenvalue weighted by Gasteiger charge is 2.52. The van der Waals surface area contributed by atoms with Crippen LogP contribution in [-0.2, 0) is 9.53 Å². The van der Waals surface area contributed by atoms with Crippen molar-refractivity contribution in [3.05, 3.63) is 136 Å². The van der Waals surface area contributed by atoms with Gasteiger partial charge >= 0.3 is 5.97 Å². The van der Waals surface area contributed by atoms with E-state index in [-0.39, 0.29) is 41.1 Å². The molecule has 1 saturated carbocycles. The van der Waals surface area contributed by atoms with Crippen molar-refractivity contribution in [3.8, 4) is 17.5 Å². The molecule has 1 amide bonds. The highest BCUT2D eigenvalue weighted by Crippen LogP contribution is 2.47. The van der Waals surface area contributed by atoms with Crippen LogP contribution in [0.4, 0.5) is 5.82 Å². The number of nitrogens with one attached hydrogen (secondary N) is 1. The van der Waals surface area contributed by atoms with E-state index in [0.717, 1.165) is 49.6 Å². The molecule has 1 fully saturated rings. The van der Waals surface area contributed by atoms with E-state index in [0.29, 0.717) is 52.6 Å². The average Bonchev–Trinajstić information content (AvgIpc) is 3.82. The molecule has 2 aromatic carbocycles. The highest BCUT2D eigenvalue weighted by molar-refractivity contribution is 6.04. The number of ether oxygens (including phenoxy) is 1. The third-order valence-corrected chi connectivity index (χ3v) is 11.7. The summed E-state index contributed by atoms with van der Waals surface area (Å²) in [5.74, 6) is 5.02. The van der Waals surface area contributed by atoms with E-state index in [2.05, 4.69) is 68.8 Å². The molecule has 1 aliphatic carbocycles. The van der Waals surface area contributed by atoms with Crippen molar-refractivity contribution >= 4 is 40.0 Å². The molecule has 0 unspecified atom stereocenters. The number of anilines is 1. The van der Waals surface area contributed by atoms with Gasteiger partial charge in [-0.15, -0.1) is 10.2 Å². The second-order valence-corrected chi connectivity index (χ2v) is 16.7. The summed E-state index contributed by atoms with van der Waals surface area (Å²) in [4.78, 5) is 58.6. The Morgan fingerprint density at radius 2 is 1.68 bits per heavy atom. The van der Waals surface area contributed by atoms with Crippen molar-refractivity contribution in [2.75, 3.05) is 12.3 Å². The summed E-state index contributed by atoms with van der Waals surface area (Å²) in [6.07, 6.45) is 27.4. The Balaban J connectivity index is 0.950. The zero-order chi connectivity index (χ0) is 45.6. The summed E-state index contributed by atoms with van der Waals surface area (Å²) in [6.45, 7) is 4.02. The molecule has 65 heavy (non-hydrogen) atoms. The van der Waals surface area contributed by atoms with E-state index in [1.807, 2.05) is 42.5 Å². The number of hydrogen-bond acceptors (Lipinski definition) is 10. The maximum atomic E-state index is 14.6. The number of hydrogen-bond donors (Lipinski definition) is 2. The predicted molar refractivity (Wildman–Crippen MR) is 251 cm³/mol. The third-order valence-electron chi connectivity index (χ3n) is 11.7. The van der Waals surface area contributed by atoms with Crippen LogP contribution in [0, 0.1) is 17.3 Å². The first-order chi connectivity index (χ1) is 31.7. The van der Waals surface area contributed by atoms with E-state index < -0.39 is 17.4 Å². The normalized spacial score (nSPS) is 13.6. The quantitative estimate of drug-likeness (QED) is 0.0307. The number of pyridine rings is 1. The van der Waals surface area contributed by atoms with Crippen molar-refractivity contribution in [1.82, 2.24) is 39.5 Å². The van der Waals surface area contributed by atoms with Gasteiger partial charge in [0.15, 0.2) is 17.2 Å². The number of nitrogens with two attached hydrogens (primary N) is 1. The monoisotopic (exact) mass is 875 g/mol. The summed E-state index contributed by atoms with van der Waals surface area (Å²) in [7, 11) is 0. The molecule has 0 spiro atoms. The lowest BCUT2D eigenvalue weighted by molar-refractivity contribution is -0.145. The molecule has 0 radical (unpaired) electrons. The van der Waals surface area contributed by atoms with Crippen LogP contribution < -0.4 is 16.6 Å². The first kappa shape index (κ1) is 45.9. The second-order valence-electron chi connectivity index (χ2n) is 16.7. The van der Waals surface area contributed by atoms with Gasteiger partial charge in [-0.3, -0.25) is 23.7 Å². The van der Waals surface area contributed by atoms with Crippen LogP contribution in [0.5, 0.6) is 0 Å². The topological polar surface area (TPSA) is 181 Å². The molecular formula is C51H57N9O5. The molecule has 336 valence electrons. The molecular weight excluding hydrogens is 819 g/mol. The van der Waals surface area contributed by atoms with Crippen LogP contribution >= 0.6 is 0 Å². The smallest absolute Gasteiger partial charge is 0.305 e. The SMILES string of the molecule is CCCCC/C=C\C/C=C\CCCCCCCC(=O)OCC1(C(=O)n2cc(C#Cc3cccc4cc([C@H](C)NC(=O)c5c(N)nn6cccnc56)n(-c5ccccc5)c(=O)c34)nn2)CC1. The highest BCUT2D eigenvalue weighted by atomic mass is 16.5. The summed E-state index contributed by atoms with van der Waals surface area (Å²) in [5.41, 5.74) is 7.22. The molecule has 0 bridgehead atoms. The Bertz CT molecular complexity index is 2800. The van der Waals surface area contributed by atoms with Gasteiger partial charge in [-0.05, 0) is 99.9 Å². The lowest BCUT2D eigenvalue weighted by Crippen LogP contribution is -2.32. The first-order valence-electron chi connectivity index (χ1n) is 22.8. The van der Waals surface area contributed by atoms with Gasteiger partial charge in [0.2, 0.25) is 0 Å². The number of allylic oxidation sites excluding steroid dienone is 4. The van der Waals surface area contributed by atoms with Crippen molar-refractivity contribution in [1.29, 1.82) is 0 Å². The number of carbonyl (C=O) groups is 3. The van der Waals surface area contributed by atoms with E-state index in [1.54, 1.807) is 42.1 Å². The van der Waals surface area contributed by atoms with Gasteiger partial charge in [-0.25, -0.2) is 9.50 Å². The van der Waals surface area contributed by atoms with Crippen LogP contribution in [0.1, 0.15) is 142 Å². The van der Waals surface area contributed by atoms with Gasteiger partial charge in [0, 0.05) is 35.8 Å². The van der Waals surface area contributed by atoms with Crippen molar-refractivity contribution in [2.45, 2.75) is 110 Å². The number of amides is 1. The Hall–Kier alpha value is -7.14. The Kier molecular flexibility index (Phi) is 15.5. The van der Waals surface area contributed by atoms with Crippen LogP contribution in [-0.4, -0.2) is 58.5 Å². The van der Waals surface area contributed by atoms with E-state index in [4.69, 9.17) is 10.5 Å². The van der Waals surface area contributed by atoms with Gasteiger partial charge in [0.1, 0.15) is 12.2 Å². The maximum absolute atomic E-state index is 14.6. The molecule has 3 N–H and O–H groups in total. The van der Waals surface area contributed by atoms with Crippen LogP contribution in [0.3, 0.4) is 0 Å². The lowest BCUT2D eigenvalue weighted by atomic mass is 10.0. The number of aromatic nitrogens is 7. The fourth-order valence-electron chi connectivity index (χ4n) is 7.85. The number of rotatable bonds is 21. The minimum atomic E-state index is -0.824. The average molecular weight is 876 g/mol. The van der Waals surface area contributed by atoms with Crippen LogP contribution in [0.25, 0.3) is 22.1 Å². The number of nitrogen functional groups attached to an aromatic ring is 1. The summed E-state index contributed by atoms with van der Waals surface area (Å²) >= 11 is 0. The van der Waals surface area contributed by atoms with Gasteiger partial charge < -0.3 is 15.8 Å². The van der Waals surface area contributed by atoms with E-state index in [1.165, 1.54) is 36.4 Å². The zero-order valence-corrected chi connectivity index (χ0v) is 37.2. The minimum Gasteiger partial charge on any atom is -0.465 e. The molecule has 4 aromatic heterocycles. The fraction of sp³-hybridized carbons (Fsp3) is 0.373. The number of para-hydroxylation sites is 1. The molecule has 1 atom stereocenters. The van der Waals surface area contributed by atoms with Crippen molar-refractivity contribution < 1.29 is 19.1 Å². The van der Waals surface area contributed by atoms with Crippen LogP contribution in [0.2, 0.25) is 0 Å². The largest absolute Gasteiger partial charge is 0.465 e. The number of nitrogens with zero attached hydrogens (tertiary/aromatic N) is 7. The number of benzene rings is 2. The maximum Gasteiger partial charge on any atom is 0.305 e.